The van der Waals surface area contributed by atoms with E-state index in [0.29, 0.717) is 0 Å². The maximum Gasteiger partial charge on any atom is 0.152 e. The number of carbonyl (C=O) groups excluding carboxylic acids is 1. The summed E-state index contributed by atoms with van der Waals surface area (Å²) < 4.78 is 0. The van der Waals surface area contributed by atoms with Gasteiger partial charge in [0.1, 0.15) is 0 Å². The van der Waals surface area contributed by atoms with Crippen LogP contribution >= 0.6 is 0 Å². The Morgan fingerprint density at radius 3 is 2.25 bits per heavy atom. The second kappa shape index (κ2) is 4.50. The summed E-state index contributed by atoms with van der Waals surface area (Å²) in [5, 5.41) is 0. The van der Waals surface area contributed by atoms with Gasteiger partial charge in [-0.05, 0) is 13.0 Å². The zero-order valence-electron chi connectivity index (χ0n) is 7.10. The van der Waals surface area contributed by atoms with Crippen molar-refractivity contribution in [3.63, 3.8) is 0 Å². The lowest BCUT2D eigenvalue weighted by Gasteiger charge is -1.96. The van der Waals surface area contributed by atoms with Crippen LogP contribution in [0.15, 0.2) is 48.6 Å². The summed E-state index contributed by atoms with van der Waals surface area (Å²) in [6.07, 6.45) is 15.5. The number of carbonyl (C=O) groups is 1. The topological polar surface area (TPSA) is 17.1 Å². The fraction of sp³-hybridized carbons (Fsp3) is 0.182. The predicted octanol–water partition coefficient (Wildman–Crippen LogP) is 2.43. The van der Waals surface area contributed by atoms with Crippen molar-refractivity contribution in [2.75, 3.05) is 0 Å². The fourth-order valence-corrected chi connectivity index (χ4v) is 0.952. The summed E-state index contributed by atoms with van der Waals surface area (Å²) in [6.45, 7) is 1.55. The van der Waals surface area contributed by atoms with Gasteiger partial charge in [0.15, 0.2) is 5.78 Å². The van der Waals surface area contributed by atoms with Crippen molar-refractivity contribution in [3.8, 4) is 0 Å². The van der Waals surface area contributed by atoms with Crippen LogP contribution in [0.4, 0.5) is 0 Å². The van der Waals surface area contributed by atoms with Gasteiger partial charge >= 0.3 is 0 Å². The van der Waals surface area contributed by atoms with Gasteiger partial charge in [-0.2, -0.15) is 0 Å². The zero-order chi connectivity index (χ0) is 8.81. The van der Waals surface area contributed by atoms with Crippen LogP contribution < -0.4 is 0 Å². The third-order valence-electron chi connectivity index (χ3n) is 1.55. The van der Waals surface area contributed by atoms with Gasteiger partial charge in [-0.25, -0.2) is 0 Å². The molecule has 0 heterocycles. The van der Waals surface area contributed by atoms with Crippen molar-refractivity contribution in [2.45, 2.75) is 6.92 Å². The Hall–Kier alpha value is -1.37. The number of hydrogen-bond acceptors (Lipinski definition) is 1. The van der Waals surface area contributed by atoms with Crippen LogP contribution in [0.5, 0.6) is 0 Å². The molecule has 0 amide bonds. The molecule has 1 heteroatoms. The first-order valence-corrected chi connectivity index (χ1v) is 3.99. The van der Waals surface area contributed by atoms with E-state index in [1.54, 1.807) is 13.0 Å². The van der Waals surface area contributed by atoms with E-state index in [-0.39, 0.29) is 11.7 Å². The van der Waals surface area contributed by atoms with Crippen molar-refractivity contribution in [1.82, 2.24) is 0 Å². The van der Waals surface area contributed by atoms with Crippen molar-refractivity contribution in [1.29, 1.82) is 0 Å². The van der Waals surface area contributed by atoms with Crippen LogP contribution in [0, 0.1) is 5.92 Å². The van der Waals surface area contributed by atoms with Crippen molar-refractivity contribution in [2.24, 2.45) is 5.92 Å². The van der Waals surface area contributed by atoms with Crippen molar-refractivity contribution >= 4 is 5.78 Å². The highest BCUT2D eigenvalue weighted by Crippen LogP contribution is 2.06. The summed E-state index contributed by atoms with van der Waals surface area (Å²) >= 11 is 0. The number of ketones is 1. The quantitative estimate of drug-likeness (QED) is 0.567. The molecule has 1 rings (SSSR count). The highest BCUT2D eigenvalue weighted by molar-refractivity contribution is 5.87. The molecule has 0 radical (unpaired) electrons. The second-order valence-corrected chi connectivity index (χ2v) is 2.70. The predicted molar refractivity (Wildman–Crippen MR) is 50.7 cm³/mol. The average molecular weight is 160 g/mol. The molecule has 0 fully saturated rings. The minimum Gasteiger partial charge on any atom is -0.295 e. The minimum atomic E-state index is 0.0917. The molecule has 0 aromatic rings. The molecule has 1 aliphatic carbocycles. The largest absolute Gasteiger partial charge is 0.295 e. The highest BCUT2D eigenvalue weighted by atomic mass is 16.1. The summed E-state index contributed by atoms with van der Waals surface area (Å²) in [7, 11) is 0. The highest BCUT2D eigenvalue weighted by Gasteiger charge is 1.94. The average Bonchev–Trinajstić information content (AvgIpc) is 2.28. The monoisotopic (exact) mass is 160 g/mol. The normalized spacial score (nSPS) is 17.1. The molecule has 62 valence electrons. The molecule has 0 aliphatic heterocycles. The van der Waals surface area contributed by atoms with Crippen LogP contribution in [-0.4, -0.2) is 5.78 Å². The lowest BCUT2D eigenvalue weighted by atomic mass is 10.1. The molecule has 0 bridgehead atoms. The van der Waals surface area contributed by atoms with Gasteiger partial charge in [0.25, 0.3) is 0 Å². The van der Waals surface area contributed by atoms with E-state index >= 15 is 0 Å². The van der Waals surface area contributed by atoms with E-state index in [1.807, 2.05) is 42.5 Å². The SMILES string of the molecule is CC(=O)/C=C/C1C=CC=CC=C1. The number of hydrogen-bond donors (Lipinski definition) is 0. The fourth-order valence-electron chi connectivity index (χ4n) is 0.952. The first-order chi connectivity index (χ1) is 5.79. The zero-order valence-corrected chi connectivity index (χ0v) is 7.10. The van der Waals surface area contributed by atoms with E-state index in [2.05, 4.69) is 0 Å². The Morgan fingerprint density at radius 2 is 1.75 bits per heavy atom. The Labute approximate surface area is 72.8 Å². The van der Waals surface area contributed by atoms with Gasteiger partial charge in [-0.3, -0.25) is 4.79 Å². The first-order valence-electron chi connectivity index (χ1n) is 3.99. The number of allylic oxidation sites excluding steroid dienone is 8. The summed E-state index contributed by atoms with van der Waals surface area (Å²) in [4.78, 5) is 10.6. The molecule has 1 aliphatic rings. The van der Waals surface area contributed by atoms with Gasteiger partial charge in [-0.15, -0.1) is 0 Å². The lowest BCUT2D eigenvalue weighted by Crippen LogP contribution is -1.87. The Bertz CT molecular complexity index is 251. The van der Waals surface area contributed by atoms with Gasteiger partial charge in [0, 0.05) is 5.92 Å². The smallest absolute Gasteiger partial charge is 0.152 e. The molecular formula is C11H12O. The van der Waals surface area contributed by atoms with E-state index in [0.717, 1.165) is 0 Å². The van der Waals surface area contributed by atoms with Crippen molar-refractivity contribution < 1.29 is 4.79 Å². The molecule has 0 atom stereocenters. The Balaban J connectivity index is 2.59. The van der Waals surface area contributed by atoms with Crippen LogP contribution in [-0.2, 0) is 4.79 Å². The van der Waals surface area contributed by atoms with Gasteiger partial charge < -0.3 is 0 Å². The second-order valence-electron chi connectivity index (χ2n) is 2.70. The molecule has 12 heavy (non-hydrogen) atoms. The minimum absolute atomic E-state index is 0.0917. The van der Waals surface area contributed by atoms with Crippen LogP contribution in [0.25, 0.3) is 0 Å². The third-order valence-corrected chi connectivity index (χ3v) is 1.55. The maximum absolute atomic E-state index is 10.6. The van der Waals surface area contributed by atoms with Gasteiger partial charge in [0.05, 0.1) is 0 Å². The van der Waals surface area contributed by atoms with Crippen LogP contribution in [0.2, 0.25) is 0 Å². The first kappa shape index (κ1) is 8.72. The van der Waals surface area contributed by atoms with E-state index in [1.165, 1.54) is 0 Å². The number of rotatable bonds is 2. The van der Waals surface area contributed by atoms with Gasteiger partial charge in [-0.1, -0.05) is 42.5 Å². The summed E-state index contributed by atoms with van der Waals surface area (Å²) in [5.41, 5.74) is 0. The summed E-state index contributed by atoms with van der Waals surface area (Å²) in [6, 6.07) is 0. The van der Waals surface area contributed by atoms with E-state index in [9.17, 15) is 4.79 Å². The Morgan fingerprint density at radius 1 is 1.17 bits per heavy atom. The maximum atomic E-state index is 10.6. The Kier molecular flexibility index (Phi) is 3.27. The molecule has 0 saturated carbocycles. The third kappa shape index (κ3) is 3.15. The molecule has 0 spiro atoms. The van der Waals surface area contributed by atoms with Crippen molar-refractivity contribution in [3.05, 3.63) is 48.6 Å². The molecule has 0 aromatic carbocycles. The van der Waals surface area contributed by atoms with Crippen LogP contribution in [0.1, 0.15) is 6.92 Å². The van der Waals surface area contributed by atoms with E-state index in [4.69, 9.17) is 0 Å². The standard InChI is InChI=1S/C11H12O/c1-10(12)8-9-11-6-4-2-3-5-7-11/h2-9,11H,1H3/b9-8+. The molecule has 0 N–H and O–H groups in total. The van der Waals surface area contributed by atoms with Crippen LogP contribution in [0.3, 0.4) is 0 Å². The summed E-state index contributed by atoms with van der Waals surface area (Å²) in [5.74, 6) is 0.345. The molecule has 0 aromatic heterocycles. The molecule has 0 unspecified atom stereocenters. The van der Waals surface area contributed by atoms with E-state index < -0.39 is 0 Å². The lowest BCUT2D eigenvalue weighted by molar-refractivity contribution is -0.112. The van der Waals surface area contributed by atoms with Gasteiger partial charge in [0.2, 0.25) is 0 Å². The molecule has 0 saturated heterocycles. The molecular weight excluding hydrogens is 148 g/mol. The molecule has 1 nitrogen and oxygen atoms in total.